The highest BCUT2D eigenvalue weighted by Crippen LogP contribution is 2.30. The summed E-state index contributed by atoms with van der Waals surface area (Å²) >= 11 is 9.42. The van der Waals surface area contributed by atoms with E-state index in [0.717, 1.165) is 40.3 Å². The van der Waals surface area contributed by atoms with E-state index in [4.69, 9.17) is 11.6 Å². The number of nitrogens with one attached hydrogen (secondary N) is 2. The van der Waals surface area contributed by atoms with Crippen LogP contribution in [0.25, 0.3) is 0 Å². The fraction of sp³-hybridized carbons (Fsp3) is 0.286. The molecule has 6 heteroatoms. The lowest BCUT2D eigenvalue weighted by atomic mass is 10.2. The molecule has 0 fully saturated rings. The van der Waals surface area contributed by atoms with Crippen molar-refractivity contribution in [3.8, 4) is 0 Å². The third kappa shape index (κ3) is 3.61. The number of benzene rings is 1. The summed E-state index contributed by atoms with van der Waals surface area (Å²) in [6.07, 6.45) is 2.60. The fourth-order valence-electron chi connectivity index (χ4n) is 1.72. The third-order valence-electron chi connectivity index (χ3n) is 2.81. The standard InChI is InChI=1S/C14H16BrClN4/c1-3-6-17-13-9(2)14(19-8-18-13)20-12-5-4-10(16)7-11(12)15/h4-5,7-8H,3,6H2,1-2H3,(H2,17,18,19,20). The van der Waals surface area contributed by atoms with E-state index in [1.165, 1.54) is 0 Å². The lowest BCUT2D eigenvalue weighted by Gasteiger charge is -2.13. The van der Waals surface area contributed by atoms with Gasteiger partial charge in [0.25, 0.3) is 0 Å². The van der Waals surface area contributed by atoms with Gasteiger partial charge in [0.05, 0.1) is 5.69 Å². The molecule has 1 aromatic heterocycles. The van der Waals surface area contributed by atoms with Crippen molar-refractivity contribution in [2.75, 3.05) is 17.2 Å². The van der Waals surface area contributed by atoms with Crippen LogP contribution in [-0.4, -0.2) is 16.5 Å². The highest BCUT2D eigenvalue weighted by atomic mass is 79.9. The van der Waals surface area contributed by atoms with Crippen LogP contribution in [-0.2, 0) is 0 Å². The molecule has 2 aromatic rings. The zero-order chi connectivity index (χ0) is 14.5. The van der Waals surface area contributed by atoms with Crippen molar-refractivity contribution in [2.24, 2.45) is 0 Å². The number of aromatic nitrogens is 2. The van der Waals surface area contributed by atoms with Crippen molar-refractivity contribution in [1.29, 1.82) is 0 Å². The van der Waals surface area contributed by atoms with Gasteiger partial charge in [0.1, 0.15) is 18.0 Å². The maximum atomic E-state index is 5.94. The highest BCUT2D eigenvalue weighted by Gasteiger charge is 2.08. The average molecular weight is 356 g/mol. The molecule has 0 spiro atoms. The first-order valence-electron chi connectivity index (χ1n) is 6.39. The maximum Gasteiger partial charge on any atom is 0.138 e. The molecule has 2 N–H and O–H groups in total. The van der Waals surface area contributed by atoms with Crippen LogP contribution in [0.2, 0.25) is 5.02 Å². The van der Waals surface area contributed by atoms with Crippen LogP contribution in [0, 0.1) is 6.92 Å². The molecule has 20 heavy (non-hydrogen) atoms. The van der Waals surface area contributed by atoms with Crippen LogP contribution in [0.3, 0.4) is 0 Å². The van der Waals surface area contributed by atoms with E-state index in [2.05, 4.69) is 43.5 Å². The topological polar surface area (TPSA) is 49.8 Å². The fourth-order valence-corrected chi connectivity index (χ4v) is 2.50. The Bertz CT molecular complexity index is 604. The van der Waals surface area contributed by atoms with E-state index in [-0.39, 0.29) is 0 Å². The van der Waals surface area contributed by atoms with Crippen LogP contribution < -0.4 is 10.6 Å². The van der Waals surface area contributed by atoms with E-state index in [1.807, 2.05) is 25.1 Å². The molecule has 0 bridgehead atoms. The number of rotatable bonds is 5. The second-order valence-corrected chi connectivity index (χ2v) is 5.66. The molecule has 0 aliphatic carbocycles. The van der Waals surface area contributed by atoms with E-state index in [9.17, 15) is 0 Å². The van der Waals surface area contributed by atoms with Crippen molar-refractivity contribution in [3.05, 3.63) is 39.6 Å². The van der Waals surface area contributed by atoms with Gasteiger partial charge in [-0.15, -0.1) is 0 Å². The Balaban J connectivity index is 2.24. The molecular weight excluding hydrogens is 340 g/mol. The molecule has 0 radical (unpaired) electrons. The number of nitrogens with zero attached hydrogens (tertiary/aromatic N) is 2. The minimum Gasteiger partial charge on any atom is -0.370 e. The van der Waals surface area contributed by atoms with Gasteiger partial charge in [-0.2, -0.15) is 0 Å². The first-order valence-corrected chi connectivity index (χ1v) is 7.56. The van der Waals surface area contributed by atoms with Gasteiger partial charge in [-0.1, -0.05) is 18.5 Å². The molecule has 4 nitrogen and oxygen atoms in total. The van der Waals surface area contributed by atoms with Gasteiger partial charge in [-0.05, 0) is 47.5 Å². The summed E-state index contributed by atoms with van der Waals surface area (Å²) in [5.41, 5.74) is 1.90. The molecule has 0 saturated carbocycles. The maximum absolute atomic E-state index is 5.94. The summed E-state index contributed by atoms with van der Waals surface area (Å²) in [6.45, 7) is 5.00. The lowest BCUT2D eigenvalue weighted by molar-refractivity contribution is 0.960. The Kier molecular flexibility index (Phi) is 5.20. The molecule has 0 saturated heterocycles. The zero-order valence-electron chi connectivity index (χ0n) is 11.4. The Morgan fingerprint density at radius 3 is 2.70 bits per heavy atom. The van der Waals surface area contributed by atoms with Crippen molar-refractivity contribution < 1.29 is 0 Å². The van der Waals surface area contributed by atoms with Gasteiger partial charge in [-0.3, -0.25) is 0 Å². The quantitative estimate of drug-likeness (QED) is 0.811. The van der Waals surface area contributed by atoms with Crippen LogP contribution in [0.15, 0.2) is 29.0 Å². The van der Waals surface area contributed by atoms with Crippen molar-refractivity contribution in [1.82, 2.24) is 9.97 Å². The predicted molar refractivity (Wildman–Crippen MR) is 88.0 cm³/mol. The number of anilines is 3. The SMILES string of the molecule is CCCNc1ncnc(Nc2ccc(Cl)cc2Br)c1C. The Hall–Kier alpha value is -1.33. The van der Waals surface area contributed by atoms with E-state index >= 15 is 0 Å². The van der Waals surface area contributed by atoms with Crippen LogP contribution >= 0.6 is 27.5 Å². The monoisotopic (exact) mass is 354 g/mol. The first-order chi connectivity index (χ1) is 9.61. The van der Waals surface area contributed by atoms with Crippen LogP contribution in [0.4, 0.5) is 17.3 Å². The number of hydrogen-bond donors (Lipinski definition) is 2. The summed E-state index contributed by atoms with van der Waals surface area (Å²) < 4.78 is 0.895. The minimum absolute atomic E-state index is 0.687. The molecule has 106 valence electrons. The Labute approximate surface area is 132 Å². The van der Waals surface area contributed by atoms with Gasteiger partial charge in [0, 0.05) is 21.6 Å². The number of hydrogen-bond acceptors (Lipinski definition) is 4. The molecule has 2 rings (SSSR count). The van der Waals surface area contributed by atoms with Gasteiger partial charge < -0.3 is 10.6 Å². The van der Waals surface area contributed by atoms with E-state index < -0.39 is 0 Å². The average Bonchev–Trinajstić information content (AvgIpc) is 2.42. The minimum atomic E-state index is 0.687. The smallest absolute Gasteiger partial charge is 0.138 e. The van der Waals surface area contributed by atoms with Crippen molar-refractivity contribution >= 4 is 44.9 Å². The van der Waals surface area contributed by atoms with E-state index in [0.29, 0.717) is 5.02 Å². The van der Waals surface area contributed by atoms with E-state index in [1.54, 1.807) is 6.33 Å². The second-order valence-electron chi connectivity index (χ2n) is 4.37. The second kappa shape index (κ2) is 6.90. The molecule has 0 amide bonds. The summed E-state index contributed by atoms with van der Waals surface area (Å²) in [6, 6.07) is 5.59. The van der Waals surface area contributed by atoms with Gasteiger partial charge in [0.15, 0.2) is 0 Å². The molecular formula is C14H16BrClN4. The molecule has 1 heterocycles. The van der Waals surface area contributed by atoms with Crippen molar-refractivity contribution in [2.45, 2.75) is 20.3 Å². The third-order valence-corrected chi connectivity index (χ3v) is 3.70. The largest absolute Gasteiger partial charge is 0.370 e. The molecule has 0 unspecified atom stereocenters. The number of halogens is 2. The zero-order valence-corrected chi connectivity index (χ0v) is 13.7. The molecule has 1 aromatic carbocycles. The van der Waals surface area contributed by atoms with Gasteiger partial charge >= 0.3 is 0 Å². The lowest BCUT2D eigenvalue weighted by Crippen LogP contribution is -2.07. The van der Waals surface area contributed by atoms with Gasteiger partial charge in [0.2, 0.25) is 0 Å². The van der Waals surface area contributed by atoms with Crippen molar-refractivity contribution in [3.63, 3.8) is 0 Å². The highest BCUT2D eigenvalue weighted by molar-refractivity contribution is 9.10. The summed E-state index contributed by atoms with van der Waals surface area (Å²) in [5.74, 6) is 1.64. The van der Waals surface area contributed by atoms with Gasteiger partial charge in [-0.25, -0.2) is 9.97 Å². The Morgan fingerprint density at radius 2 is 2.00 bits per heavy atom. The molecule has 0 aliphatic heterocycles. The Morgan fingerprint density at radius 1 is 1.25 bits per heavy atom. The summed E-state index contributed by atoms with van der Waals surface area (Å²) in [7, 11) is 0. The van der Waals surface area contributed by atoms with Crippen LogP contribution in [0.1, 0.15) is 18.9 Å². The molecule has 0 atom stereocenters. The summed E-state index contributed by atoms with van der Waals surface area (Å²) in [4.78, 5) is 8.55. The van der Waals surface area contributed by atoms with Crippen LogP contribution in [0.5, 0.6) is 0 Å². The normalized spacial score (nSPS) is 10.4. The molecule has 0 aliphatic rings. The first kappa shape index (κ1) is 15.1. The summed E-state index contributed by atoms with van der Waals surface area (Å²) in [5, 5.41) is 7.26. The predicted octanol–water partition coefficient (Wildman–Crippen LogP) is 4.77.